The van der Waals surface area contributed by atoms with E-state index >= 15 is 0 Å². The van der Waals surface area contributed by atoms with Crippen LogP contribution in [0.15, 0.2) is 53.3 Å². The molecule has 44 heavy (non-hydrogen) atoms. The standard InChI is InChI=1S/C28H30Cl2F3N7O4/c1-16(41)34-20(15-44-27(2,3)4)25-35-23(36-40(25)21-8-6-5-7-19(21)30)14-39-26(43)38(13-22(42)28(31,32)33)24(37-39)17-9-11-18(29)12-10-17/h5-12,20,22,42H,13-15H2,1-4H3,(H,34,41)/t20?,22-/m0/s1. The molecule has 1 amide bonds. The Hall–Kier alpha value is -3.72. The number of nitrogens with one attached hydrogen (secondary N) is 1. The number of aromatic nitrogens is 6. The molecule has 2 aromatic carbocycles. The van der Waals surface area contributed by atoms with Gasteiger partial charge >= 0.3 is 11.9 Å². The van der Waals surface area contributed by atoms with Crippen molar-refractivity contribution >= 4 is 29.1 Å². The van der Waals surface area contributed by atoms with Gasteiger partial charge in [-0.05, 0) is 57.2 Å². The summed E-state index contributed by atoms with van der Waals surface area (Å²) in [6.45, 7) is 5.42. The molecule has 4 rings (SSSR count). The number of aliphatic hydroxyl groups is 1. The first-order chi connectivity index (χ1) is 20.5. The summed E-state index contributed by atoms with van der Waals surface area (Å²) >= 11 is 12.4. The van der Waals surface area contributed by atoms with Gasteiger partial charge in [0.15, 0.2) is 23.6 Å². The molecule has 2 N–H and O–H groups in total. The van der Waals surface area contributed by atoms with Crippen molar-refractivity contribution in [1.29, 1.82) is 0 Å². The van der Waals surface area contributed by atoms with Crippen LogP contribution in [-0.4, -0.2) is 64.6 Å². The fourth-order valence-corrected chi connectivity index (χ4v) is 4.49. The lowest BCUT2D eigenvalue weighted by Gasteiger charge is -2.24. The molecule has 16 heteroatoms. The normalized spacial score (nSPS) is 13.6. The largest absolute Gasteiger partial charge is 0.416 e. The third-order valence-corrected chi connectivity index (χ3v) is 6.75. The second-order valence-corrected chi connectivity index (χ2v) is 11.7. The maximum atomic E-state index is 13.4. The van der Waals surface area contributed by atoms with E-state index in [0.717, 1.165) is 9.25 Å². The zero-order chi connectivity index (χ0) is 32.4. The molecular formula is C28H30Cl2F3N7O4. The van der Waals surface area contributed by atoms with Crippen molar-refractivity contribution in [3.05, 3.63) is 80.7 Å². The number of benzene rings is 2. The van der Waals surface area contributed by atoms with Gasteiger partial charge in [-0.25, -0.2) is 19.1 Å². The number of aliphatic hydroxyl groups excluding tert-OH is 1. The van der Waals surface area contributed by atoms with Crippen LogP contribution in [0.2, 0.25) is 10.0 Å². The summed E-state index contributed by atoms with van der Waals surface area (Å²) in [5.74, 6) is -0.230. The van der Waals surface area contributed by atoms with E-state index in [0.29, 0.717) is 21.3 Å². The number of amides is 1. The van der Waals surface area contributed by atoms with Crippen molar-refractivity contribution in [2.24, 2.45) is 0 Å². The molecule has 2 aromatic heterocycles. The lowest BCUT2D eigenvalue weighted by atomic mass is 10.2. The number of para-hydroxylation sites is 1. The molecular weight excluding hydrogens is 626 g/mol. The third kappa shape index (κ3) is 8.05. The fourth-order valence-electron chi connectivity index (χ4n) is 4.15. The summed E-state index contributed by atoms with van der Waals surface area (Å²) in [7, 11) is 0. The average molecular weight is 656 g/mol. The molecule has 0 spiro atoms. The molecule has 0 bridgehead atoms. The van der Waals surface area contributed by atoms with E-state index in [4.69, 9.17) is 27.9 Å². The van der Waals surface area contributed by atoms with E-state index < -0.39 is 36.2 Å². The first-order valence-electron chi connectivity index (χ1n) is 13.3. The van der Waals surface area contributed by atoms with Gasteiger partial charge in [0.05, 0.1) is 29.5 Å². The summed E-state index contributed by atoms with van der Waals surface area (Å²) < 4.78 is 48.8. The zero-order valence-corrected chi connectivity index (χ0v) is 25.7. The van der Waals surface area contributed by atoms with Crippen molar-refractivity contribution in [2.45, 2.75) is 64.7 Å². The van der Waals surface area contributed by atoms with Gasteiger partial charge in [-0.3, -0.25) is 9.36 Å². The van der Waals surface area contributed by atoms with Crippen LogP contribution in [0.5, 0.6) is 0 Å². The topological polar surface area (TPSA) is 129 Å². The quantitative estimate of drug-likeness (QED) is 0.256. The minimum Gasteiger partial charge on any atom is -0.382 e. The van der Waals surface area contributed by atoms with Crippen LogP contribution in [0.4, 0.5) is 13.2 Å². The van der Waals surface area contributed by atoms with Crippen molar-refractivity contribution in [2.75, 3.05) is 6.61 Å². The highest BCUT2D eigenvalue weighted by atomic mass is 35.5. The summed E-state index contributed by atoms with van der Waals surface area (Å²) in [5, 5.41) is 22.1. The summed E-state index contributed by atoms with van der Waals surface area (Å²) in [6.07, 6.45) is -7.80. The number of ether oxygens (including phenoxy) is 1. The molecule has 0 saturated heterocycles. The minimum atomic E-state index is -4.98. The summed E-state index contributed by atoms with van der Waals surface area (Å²) in [5.41, 5.74) is -0.793. The monoisotopic (exact) mass is 655 g/mol. The summed E-state index contributed by atoms with van der Waals surface area (Å²) in [6, 6.07) is 11.9. The lowest BCUT2D eigenvalue weighted by molar-refractivity contribution is -0.207. The highest BCUT2D eigenvalue weighted by Crippen LogP contribution is 2.26. The second-order valence-electron chi connectivity index (χ2n) is 10.9. The number of alkyl halides is 3. The molecule has 236 valence electrons. The Morgan fingerprint density at radius 3 is 2.32 bits per heavy atom. The lowest BCUT2D eigenvalue weighted by Crippen LogP contribution is -2.37. The van der Waals surface area contributed by atoms with E-state index in [2.05, 4.69) is 20.5 Å². The number of carbonyl (C=O) groups is 1. The van der Waals surface area contributed by atoms with Crippen LogP contribution in [-0.2, 0) is 22.6 Å². The van der Waals surface area contributed by atoms with Crippen molar-refractivity contribution in [3.8, 4) is 17.1 Å². The third-order valence-electron chi connectivity index (χ3n) is 6.18. The van der Waals surface area contributed by atoms with E-state index in [1.165, 1.54) is 35.9 Å². The van der Waals surface area contributed by atoms with Crippen LogP contribution in [0, 0.1) is 0 Å². The summed E-state index contributed by atoms with van der Waals surface area (Å²) in [4.78, 5) is 30.1. The molecule has 0 aliphatic carbocycles. The van der Waals surface area contributed by atoms with Gasteiger partial charge in [0.2, 0.25) is 5.91 Å². The van der Waals surface area contributed by atoms with Crippen LogP contribution in [0.3, 0.4) is 0 Å². The predicted octanol–water partition coefficient (Wildman–Crippen LogP) is 4.56. The average Bonchev–Trinajstić information content (AvgIpc) is 3.47. The van der Waals surface area contributed by atoms with Gasteiger partial charge in [0.1, 0.15) is 12.6 Å². The molecule has 2 heterocycles. The zero-order valence-electron chi connectivity index (χ0n) is 24.1. The number of rotatable bonds is 10. The molecule has 2 atom stereocenters. The van der Waals surface area contributed by atoms with Gasteiger partial charge in [-0.1, -0.05) is 35.3 Å². The highest BCUT2D eigenvalue weighted by molar-refractivity contribution is 6.32. The SMILES string of the molecule is CC(=O)NC(COC(C)(C)C)c1nc(Cn2nc(-c3ccc(Cl)cc3)n(C[C@H](O)C(F)(F)F)c2=O)nn1-c1ccccc1Cl. The number of hydrogen-bond acceptors (Lipinski definition) is 7. The van der Waals surface area contributed by atoms with Gasteiger partial charge in [-0.15, -0.1) is 10.2 Å². The molecule has 11 nitrogen and oxygen atoms in total. The van der Waals surface area contributed by atoms with Crippen LogP contribution in [0.25, 0.3) is 17.1 Å². The fraction of sp³-hybridized carbons (Fsp3) is 0.393. The van der Waals surface area contributed by atoms with E-state index in [9.17, 15) is 27.9 Å². The van der Waals surface area contributed by atoms with Gasteiger partial charge in [-0.2, -0.15) is 13.2 Å². The first kappa shape index (κ1) is 33.2. The van der Waals surface area contributed by atoms with Gasteiger partial charge in [0, 0.05) is 17.5 Å². The molecule has 0 aliphatic heterocycles. The Morgan fingerprint density at radius 1 is 1.07 bits per heavy atom. The van der Waals surface area contributed by atoms with Crippen molar-refractivity contribution in [1.82, 2.24) is 34.4 Å². The van der Waals surface area contributed by atoms with Crippen LogP contribution in [0.1, 0.15) is 45.4 Å². The van der Waals surface area contributed by atoms with Crippen LogP contribution < -0.4 is 11.0 Å². The van der Waals surface area contributed by atoms with E-state index in [1.807, 2.05) is 20.8 Å². The second kappa shape index (κ2) is 13.1. The molecule has 0 radical (unpaired) electrons. The van der Waals surface area contributed by atoms with Crippen molar-refractivity contribution < 1.29 is 27.8 Å². The van der Waals surface area contributed by atoms with Crippen LogP contribution >= 0.6 is 23.2 Å². The van der Waals surface area contributed by atoms with Crippen molar-refractivity contribution in [3.63, 3.8) is 0 Å². The smallest absolute Gasteiger partial charge is 0.382 e. The Bertz CT molecular complexity index is 1680. The molecule has 0 saturated carbocycles. The highest BCUT2D eigenvalue weighted by Gasteiger charge is 2.39. The van der Waals surface area contributed by atoms with E-state index in [1.54, 1.807) is 24.3 Å². The first-order valence-corrected chi connectivity index (χ1v) is 14.1. The Kier molecular flexibility index (Phi) is 9.88. The predicted molar refractivity (Wildman–Crippen MR) is 157 cm³/mol. The molecule has 0 aliphatic rings. The van der Waals surface area contributed by atoms with Gasteiger partial charge in [0.25, 0.3) is 0 Å². The van der Waals surface area contributed by atoms with E-state index in [-0.39, 0.29) is 36.5 Å². The molecule has 0 fully saturated rings. The molecule has 4 aromatic rings. The number of carbonyl (C=O) groups excluding carboxylic acids is 1. The number of nitrogens with zero attached hydrogens (tertiary/aromatic N) is 6. The van der Waals surface area contributed by atoms with Gasteiger partial charge < -0.3 is 15.2 Å². The Morgan fingerprint density at radius 2 is 1.73 bits per heavy atom. The Balaban J connectivity index is 1.82. The number of halogens is 5. The maximum absolute atomic E-state index is 13.4. The molecule has 1 unspecified atom stereocenters. The minimum absolute atomic E-state index is 0.0102. The Labute approximate surface area is 260 Å². The number of hydrogen-bond donors (Lipinski definition) is 2. The maximum Gasteiger partial charge on any atom is 0.416 e.